The number of fused-ring (bicyclic) bond motifs is 1. The molecule has 3 rings (SSSR count). The van der Waals surface area contributed by atoms with E-state index in [1.807, 2.05) is 25.1 Å². The molecule has 2 heterocycles. The van der Waals surface area contributed by atoms with Gasteiger partial charge in [-0.25, -0.2) is 0 Å². The molecule has 19 heavy (non-hydrogen) atoms. The molecule has 0 aliphatic carbocycles. The number of aromatic nitrogens is 1. The highest BCUT2D eigenvalue weighted by atomic mass is 16.5. The van der Waals surface area contributed by atoms with Crippen molar-refractivity contribution in [3.05, 3.63) is 40.3 Å². The molecule has 2 aromatic rings. The Balaban J connectivity index is 1.86. The van der Waals surface area contributed by atoms with Crippen LogP contribution in [0.25, 0.3) is 10.8 Å². The van der Waals surface area contributed by atoms with Gasteiger partial charge in [-0.3, -0.25) is 4.79 Å². The van der Waals surface area contributed by atoms with Crippen LogP contribution in [0.4, 0.5) is 0 Å². The number of nitrogens with one attached hydrogen (secondary N) is 2. The molecule has 0 amide bonds. The predicted octanol–water partition coefficient (Wildman–Crippen LogP) is 1.82. The lowest BCUT2D eigenvalue weighted by Crippen LogP contribution is -2.16. The summed E-state index contributed by atoms with van der Waals surface area (Å²) in [6.45, 7) is 4.84. The predicted molar refractivity (Wildman–Crippen MR) is 75.8 cm³/mol. The smallest absolute Gasteiger partial charge is 0.255 e. The van der Waals surface area contributed by atoms with Gasteiger partial charge in [0.25, 0.3) is 5.56 Å². The van der Waals surface area contributed by atoms with Gasteiger partial charge in [0.2, 0.25) is 0 Å². The average molecular weight is 258 g/mol. The van der Waals surface area contributed by atoms with E-state index < -0.39 is 0 Å². The van der Waals surface area contributed by atoms with E-state index in [9.17, 15) is 4.79 Å². The number of ether oxygens (including phenoxy) is 1. The number of pyridine rings is 1. The minimum atomic E-state index is -0.0489. The molecule has 100 valence electrons. The van der Waals surface area contributed by atoms with Gasteiger partial charge in [-0.2, -0.15) is 0 Å². The number of benzene rings is 1. The summed E-state index contributed by atoms with van der Waals surface area (Å²) >= 11 is 0. The van der Waals surface area contributed by atoms with Crippen LogP contribution >= 0.6 is 0 Å². The quantitative estimate of drug-likeness (QED) is 0.883. The summed E-state index contributed by atoms with van der Waals surface area (Å²) in [6.07, 6.45) is 2.84. The van der Waals surface area contributed by atoms with Gasteiger partial charge in [0.1, 0.15) is 5.75 Å². The second-order valence-corrected chi connectivity index (χ2v) is 5.18. The number of H-pyrrole nitrogens is 1. The van der Waals surface area contributed by atoms with E-state index in [0.29, 0.717) is 5.92 Å². The molecular formula is C15H18N2O2. The van der Waals surface area contributed by atoms with Crippen molar-refractivity contribution >= 4 is 10.8 Å². The third-order valence-electron chi connectivity index (χ3n) is 3.71. The maximum absolute atomic E-state index is 11.7. The van der Waals surface area contributed by atoms with Crippen LogP contribution in [0.1, 0.15) is 12.0 Å². The lowest BCUT2D eigenvalue weighted by Gasteiger charge is -2.13. The average Bonchev–Trinajstić information content (AvgIpc) is 2.91. The van der Waals surface area contributed by atoms with Crippen LogP contribution in [-0.2, 0) is 0 Å². The molecule has 1 aliphatic rings. The highest BCUT2D eigenvalue weighted by Crippen LogP contribution is 2.24. The first-order valence-electron chi connectivity index (χ1n) is 6.69. The SMILES string of the molecule is Cc1cc2c(=O)[nH]ccc2cc1OCC1CCNC1. The number of aryl methyl sites for hydroxylation is 1. The van der Waals surface area contributed by atoms with Gasteiger partial charge in [0, 0.05) is 24.0 Å². The first-order valence-corrected chi connectivity index (χ1v) is 6.69. The van der Waals surface area contributed by atoms with Crippen molar-refractivity contribution in [2.45, 2.75) is 13.3 Å². The lowest BCUT2D eigenvalue weighted by molar-refractivity contribution is 0.259. The molecule has 0 spiro atoms. The van der Waals surface area contributed by atoms with Gasteiger partial charge in [-0.15, -0.1) is 0 Å². The van der Waals surface area contributed by atoms with Gasteiger partial charge in [0.15, 0.2) is 0 Å². The molecule has 1 atom stereocenters. The van der Waals surface area contributed by atoms with E-state index >= 15 is 0 Å². The molecule has 1 aromatic heterocycles. The molecule has 0 radical (unpaired) electrons. The molecule has 2 N–H and O–H groups in total. The molecule has 0 bridgehead atoms. The van der Waals surface area contributed by atoms with Crippen molar-refractivity contribution in [3.63, 3.8) is 0 Å². The van der Waals surface area contributed by atoms with Gasteiger partial charge in [-0.05, 0) is 49.0 Å². The first-order chi connectivity index (χ1) is 9.24. The fourth-order valence-corrected chi connectivity index (χ4v) is 2.54. The maximum atomic E-state index is 11.7. The van der Waals surface area contributed by atoms with E-state index in [1.54, 1.807) is 6.20 Å². The van der Waals surface area contributed by atoms with Crippen LogP contribution in [0.3, 0.4) is 0 Å². The third kappa shape index (κ3) is 2.49. The van der Waals surface area contributed by atoms with Crippen LogP contribution in [-0.4, -0.2) is 24.7 Å². The summed E-state index contributed by atoms with van der Waals surface area (Å²) < 4.78 is 5.92. The minimum Gasteiger partial charge on any atom is -0.493 e. The van der Waals surface area contributed by atoms with Crippen molar-refractivity contribution in [2.24, 2.45) is 5.92 Å². The molecule has 1 fully saturated rings. The summed E-state index contributed by atoms with van der Waals surface area (Å²) in [6, 6.07) is 5.76. The lowest BCUT2D eigenvalue weighted by atomic mass is 10.1. The van der Waals surface area contributed by atoms with E-state index in [1.165, 1.54) is 6.42 Å². The Morgan fingerprint density at radius 1 is 1.42 bits per heavy atom. The number of rotatable bonds is 3. The van der Waals surface area contributed by atoms with Gasteiger partial charge in [-0.1, -0.05) is 0 Å². The first kappa shape index (κ1) is 12.2. The van der Waals surface area contributed by atoms with Gasteiger partial charge >= 0.3 is 0 Å². The molecule has 1 aromatic carbocycles. The number of hydrogen-bond acceptors (Lipinski definition) is 3. The number of aromatic amines is 1. The zero-order valence-corrected chi connectivity index (χ0v) is 11.0. The van der Waals surface area contributed by atoms with Crippen molar-refractivity contribution in [1.29, 1.82) is 0 Å². The highest BCUT2D eigenvalue weighted by molar-refractivity contribution is 5.83. The summed E-state index contributed by atoms with van der Waals surface area (Å²) in [7, 11) is 0. The summed E-state index contributed by atoms with van der Waals surface area (Å²) in [4.78, 5) is 14.4. The molecule has 1 saturated heterocycles. The summed E-state index contributed by atoms with van der Waals surface area (Å²) in [5.74, 6) is 1.47. The van der Waals surface area contributed by atoms with Crippen LogP contribution in [0.2, 0.25) is 0 Å². The fourth-order valence-electron chi connectivity index (χ4n) is 2.54. The van der Waals surface area contributed by atoms with Gasteiger partial charge in [0.05, 0.1) is 6.61 Å². The summed E-state index contributed by atoms with van der Waals surface area (Å²) in [5, 5.41) is 4.98. The Morgan fingerprint density at radius 2 is 2.32 bits per heavy atom. The Morgan fingerprint density at radius 3 is 3.11 bits per heavy atom. The Bertz CT molecular complexity index is 642. The van der Waals surface area contributed by atoms with Crippen molar-refractivity contribution in [1.82, 2.24) is 10.3 Å². The van der Waals surface area contributed by atoms with E-state index in [0.717, 1.165) is 41.8 Å². The maximum Gasteiger partial charge on any atom is 0.255 e. The molecular weight excluding hydrogens is 240 g/mol. The van der Waals surface area contributed by atoms with E-state index in [-0.39, 0.29) is 5.56 Å². The van der Waals surface area contributed by atoms with Gasteiger partial charge < -0.3 is 15.0 Å². The molecule has 4 heteroatoms. The molecule has 1 aliphatic heterocycles. The van der Waals surface area contributed by atoms with Crippen molar-refractivity contribution in [3.8, 4) is 5.75 Å². The second kappa shape index (κ2) is 5.05. The van der Waals surface area contributed by atoms with E-state index in [4.69, 9.17) is 4.74 Å². The summed E-state index contributed by atoms with van der Waals surface area (Å²) in [5.41, 5.74) is 0.960. The molecule has 1 unspecified atom stereocenters. The molecule has 0 saturated carbocycles. The zero-order valence-electron chi connectivity index (χ0n) is 11.0. The van der Waals surface area contributed by atoms with Crippen molar-refractivity contribution in [2.75, 3.05) is 19.7 Å². The van der Waals surface area contributed by atoms with Crippen LogP contribution < -0.4 is 15.6 Å². The minimum absolute atomic E-state index is 0.0489. The second-order valence-electron chi connectivity index (χ2n) is 5.18. The van der Waals surface area contributed by atoms with Crippen LogP contribution in [0.5, 0.6) is 5.75 Å². The topological polar surface area (TPSA) is 54.1 Å². The van der Waals surface area contributed by atoms with Crippen molar-refractivity contribution < 1.29 is 4.74 Å². The third-order valence-corrected chi connectivity index (χ3v) is 3.71. The van der Waals surface area contributed by atoms with Crippen LogP contribution in [0.15, 0.2) is 29.2 Å². The standard InChI is InChI=1S/C15H18N2O2/c1-10-6-13-12(3-5-17-15(13)18)7-14(10)19-9-11-2-4-16-8-11/h3,5-7,11,16H,2,4,8-9H2,1H3,(H,17,18). The highest BCUT2D eigenvalue weighted by Gasteiger charge is 2.15. The number of hydrogen-bond donors (Lipinski definition) is 2. The molecule has 4 nitrogen and oxygen atoms in total. The van der Waals surface area contributed by atoms with E-state index in [2.05, 4.69) is 10.3 Å². The normalized spacial score (nSPS) is 18.9. The Labute approximate surface area is 111 Å². The zero-order chi connectivity index (χ0) is 13.2. The Hall–Kier alpha value is -1.81. The Kier molecular flexibility index (Phi) is 3.25. The fraction of sp³-hybridized carbons (Fsp3) is 0.400. The monoisotopic (exact) mass is 258 g/mol. The van der Waals surface area contributed by atoms with Crippen LogP contribution in [0, 0.1) is 12.8 Å². The largest absolute Gasteiger partial charge is 0.493 e.